The summed E-state index contributed by atoms with van der Waals surface area (Å²) >= 11 is 0. The largest absolute Gasteiger partial charge is 0.467 e. The van der Waals surface area contributed by atoms with Crippen molar-refractivity contribution in [2.75, 3.05) is 0 Å². The molecule has 4 aromatic rings. The van der Waals surface area contributed by atoms with Crippen LogP contribution in [0, 0.1) is 12.7 Å². The van der Waals surface area contributed by atoms with E-state index in [0.29, 0.717) is 5.76 Å². The molecule has 0 unspecified atom stereocenters. The number of nitrogens with zero attached hydrogens (tertiary/aromatic N) is 1. The molecule has 1 aromatic carbocycles. The van der Waals surface area contributed by atoms with Crippen LogP contribution in [0.4, 0.5) is 4.39 Å². The van der Waals surface area contributed by atoms with Gasteiger partial charge < -0.3 is 19.2 Å². The summed E-state index contributed by atoms with van der Waals surface area (Å²) in [7, 11) is 0. The van der Waals surface area contributed by atoms with Crippen LogP contribution < -0.4 is 5.32 Å². The molecule has 146 valence electrons. The van der Waals surface area contributed by atoms with Crippen molar-refractivity contribution in [3.63, 3.8) is 0 Å². The predicted molar refractivity (Wildman–Crippen MR) is 101 cm³/mol. The molecule has 4 rings (SSSR count). The van der Waals surface area contributed by atoms with Crippen molar-refractivity contribution in [3.05, 3.63) is 89.1 Å². The van der Waals surface area contributed by atoms with E-state index in [2.05, 4.69) is 15.5 Å². The zero-order valence-corrected chi connectivity index (χ0v) is 15.4. The maximum Gasteiger partial charge on any atom is 0.268 e. The first-order valence-electron chi connectivity index (χ1n) is 8.79. The number of H-pyrrole nitrogens is 1. The van der Waals surface area contributed by atoms with Crippen LogP contribution in [-0.2, 0) is 6.54 Å². The van der Waals surface area contributed by atoms with Crippen LogP contribution in [0.3, 0.4) is 0 Å². The first kappa shape index (κ1) is 18.4. The molecule has 1 amide bonds. The number of halogens is 1. The van der Waals surface area contributed by atoms with Crippen LogP contribution in [0.5, 0.6) is 0 Å². The van der Waals surface area contributed by atoms with Gasteiger partial charge in [0.1, 0.15) is 28.7 Å². The lowest BCUT2D eigenvalue weighted by atomic mass is 9.99. The lowest BCUT2D eigenvalue weighted by Crippen LogP contribution is -2.22. The Labute approximate surface area is 164 Å². The van der Waals surface area contributed by atoms with Gasteiger partial charge in [-0.25, -0.2) is 4.39 Å². The normalized spacial score (nSPS) is 10.8. The second kappa shape index (κ2) is 7.59. The molecule has 8 heteroatoms. The quantitative estimate of drug-likeness (QED) is 0.484. The van der Waals surface area contributed by atoms with Crippen LogP contribution >= 0.6 is 0 Å². The number of aryl methyl sites for hydroxylation is 1. The van der Waals surface area contributed by atoms with Crippen LogP contribution in [0.1, 0.15) is 37.9 Å². The molecule has 0 saturated carbocycles. The number of aromatic nitrogens is 2. The van der Waals surface area contributed by atoms with E-state index in [1.807, 2.05) is 0 Å². The van der Waals surface area contributed by atoms with Gasteiger partial charge in [0, 0.05) is 17.3 Å². The standard InChI is InChI=1S/C21H16FN3O4/c1-12-18(19(25-29-12)15-6-2-3-7-16(15)22)20(26)13-9-17(23-10-13)21(27)24-11-14-5-4-8-28-14/h2-10,23H,11H2,1H3,(H,24,27). The van der Waals surface area contributed by atoms with Gasteiger partial charge in [0.15, 0.2) is 5.78 Å². The van der Waals surface area contributed by atoms with Crippen LogP contribution in [0.25, 0.3) is 11.3 Å². The number of furan rings is 1. The number of rotatable bonds is 6. The summed E-state index contributed by atoms with van der Waals surface area (Å²) in [5.41, 5.74) is 0.880. The van der Waals surface area contributed by atoms with Crippen LogP contribution in [0.15, 0.2) is 63.9 Å². The lowest BCUT2D eigenvalue weighted by molar-refractivity contribution is 0.0943. The Morgan fingerprint density at radius 2 is 2.03 bits per heavy atom. The van der Waals surface area contributed by atoms with Gasteiger partial charge in [0.05, 0.1) is 18.4 Å². The Kier molecular flexibility index (Phi) is 4.82. The van der Waals surface area contributed by atoms with E-state index in [9.17, 15) is 14.0 Å². The molecule has 0 aliphatic heterocycles. The average molecular weight is 393 g/mol. The number of ketones is 1. The van der Waals surface area contributed by atoms with Crippen LogP contribution in [0.2, 0.25) is 0 Å². The maximum atomic E-state index is 14.2. The average Bonchev–Trinajstić information content (AvgIpc) is 3.47. The Hall–Kier alpha value is -3.94. The first-order chi connectivity index (χ1) is 14.0. The fourth-order valence-electron chi connectivity index (χ4n) is 2.95. The van der Waals surface area contributed by atoms with Gasteiger partial charge in [-0.05, 0) is 37.3 Å². The molecule has 3 heterocycles. The van der Waals surface area contributed by atoms with Gasteiger partial charge in [-0.3, -0.25) is 9.59 Å². The molecule has 0 aliphatic rings. The molecule has 0 atom stereocenters. The lowest BCUT2D eigenvalue weighted by Gasteiger charge is -2.02. The van der Waals surface area contributed by atoms with Gasteiger partial charge in [-0.15, -0.1) is 0 Å². The number of hydrogen-bond acceptors (Lipinski definition) is 5. The van der Waals surface area contributed by atoms with Crippen molar-refractivity contribution in [3.8, 4) is 11.3 Å². The number of amides is 1. The topological polar surface area (TPSA) is 101 Å². The van der Waals surface area contributed by atoms with Gasteiger partial charge in [-0.2, -0.15) is 0 Å². The van der Waals surface area contributed by atoms with Gasteiger partial charge in [0.2, 0.25) is 0 Å². The minimum Gasteiger partial charge on any atom is -0.467 e. The SMILES string of the molecule is Cc1onc(-c2ccccc2F)c1C(=O)c1c[nH]c(C(=O)NCc2ccco2)c1. The van der Waals surface area contributed by atoms with E-state index >= 15 is 0 Å². The monoisotopic (exact) mass is 393 g/mol. The molecule has 7 nitrogen and oxygen atoms in total. The first-order valence-corrected chi connectivity index (χ1v) is 8.79. The van der Waals surface area contributed by atoms with Crippen LogP contribution in [-0.4, -0.2) is 21.8 Å². The molecular weight excluding hydrogens is 377 g/mol. The number of benzene rings is 1. The minimum absolute atomic E-state index is 0.121. The van der Waals surface area contributed by atoms with E-state index in [0.717, 1.165) is 0 Å². The highest BCUT2D eigenvalue weighted by molar-refractivity contribution is 6.13. The second-order valence-corrected chi connectivity index (χ2v) is 6.34. The third-order valence-electron chi connectivity index (χ3n) is 4.41. The molecule has 0 radical (unpaired) electrons. The summed E-state index contributed by atoms with van der Waals surface area (Å²) < 4.78 is 24.5. The van der Waals surface area contributed by atoms with Gasteiger partial charge >= 0.3 is 0 Å². The summed E-state index contributed by atoms with van der Waals surface area (Å²) in [5.74, 6) is -0.462. The summed E-state index contributed by atoms with van der Waals surface area (Å²) in [6, 6.07) is 10.9. The Bertz CT molecular complexity index is 1170. The molecule has 29 heavy (non-hydrogen) atoms. The summed E-state index contributed by atoms with van der Waals surface area (Å²) in [6.07, 6.45) is 2.93. The highest BCUT2D eigenvalue weighted by atomic mass is 19.1. The van der Waals surface area contributed by atoms with Crippen molar-refractivity contribution in [2.24, 2.45) is 0 Å². The van der Waals surface area contributed by atoms with Crippen molar-refractivity contribution in [1.29, 1.82) is 0 Å². The highest BCUT2D eigenvalue weighted by Crippen LogP contribution is 2.29. The smallest absolute Gasteiger partial charge is 0.268 e. The molecule has 0 aliphatic carbocycles. The molecule has 0 bridgehead atoms. The van der Waals surface area contributed by atoms with Gasteiger partial charge in [-0.1, -0.05) is 17.3 Å². The molecule has 0 fully saturated rings. The Morgan fingerprint density at radius 1 is 1.21 bits per heavy atom. The van der Waals surface area contributed by atoms with E-state index < -0.39 is 17.5 Å². The van der Waals surface area contributed by atoms with E-state index in [1.54, 1.807) is 31.2 Å². The Morgan fingerprint density at radius 3 is 2.79 bits per heavy atom. The molecule has 0 saturated heterocycles. The van der Waals surface area contributed by atoms with E-state index in [-0.39, 0.29) is 40.4 Å². The number of hydrogen-bond donors (Lipinski definition) is 2. The third kappa shape index (κ3) is 3.60. The van der Waals surface area contributed by atoms with E-state index in [4.69, 9.17) is 8.94 Å². The number of aromatic amines is 1. The molecule has 2 N–H and O–H groups in total. The summed E-state index contributed by atoms with van der Waals surface area (Å²) in [6.45, 7) is 1.80. The fourth-order valence-corrected chi connectivity index (χ4v) is 2.95. The van der Waals surface area contributed by atoms with Crippen molar-refractivity contribution < 1.29 is 22.9 Å². The minimum atomic E-state index is -0.512. The zero-order valence-electron chi connectivity index (χ0n) is 15.4. The summed E-state index contributed by atoms with van der Waals surface area (Å²) in [4.78, 5) is 28.1. The molecule has 0 spiro atoms. The summed E-state index contributed by atoms with van der Waals surface area (Å²) in [5, 5.41) is 6.55. The van der Waals surface area contributed by atoms with Crippen molar-refractivity contribution in [2.45, 2.75) is 13.5 Å². The second-order valence-electron chi connectivity index (χ2n) is 6.34. The van der Waals surface area contributed by atoms with E-state index in [1.165, 1.54) is 30.7 Å². The number of carbonyl (C=O) groups excluding carboxylic acids is 2. The third-order valence-corrected chi connectivity index (χ3v) is 4.41. The predicted octanol–water partition coefficient (Wildman–Crippen LogP) is 3.87. The fraction of sp³-hybridized carbons (Fsp3) is 0.0952. The molecular formula is C21H16FN3O4. The number of carbonyl (C=O) groups is 2. The zero-order chi connectivity index (χ0) is 20.4. The number of nitrogens with one attached hydrogen (secondary N) is 2. The Balaban J connectivity index is 1.58. The highest BCUT2D eigenvalue weighted by Gasteiger charge is 2.25. The molecule has 3 aromatic heterocycles. The van der Waals surface area contributed by atoms with Crippen molar-refractivity contribution >= 4 is 11.7 Å². The maximum absolute atomic E-state index is 14.2. The van der Waals surface area contributed by atoms with Gasteiger partial charge in [0.25, 0.3) is 5.91 Å². The van der Waals surface area contributed by atoms with Crippen molar-refractivity contribution in [1.82, 2.24) is 15.5 Å².